The molecule has 0 aliphatic rings. The number of H-pyrrole nitrogens is 1. The molecule has 0 radical (unpaired) electrons. The molecule has 3 aromatic rings. The first-order valence-electron chi connectivity index (χ1n) is 5.56. The summed E-state index contributed by atoms with van der Waals surface area (Å²) in [6.45, 7) is 1.68. The van der Waals surface area contributed by atoms with Crippen LogP contribution in [0.15, 0.2) is 36.4 Å². The Morgan fingerprint density at radius 3 is 2.61 bits per heavy atom. The van der Waals surface area contributed by atoms with Gasteiger partial charge in [-0.15, -0.1) is 0 Å². The summed E-state index contributed by atoms with van der Waals surface area (Å²) in [6, 6.07) is 9.43. The van der Waals surface area contributed by atoms with Crippen molar-refractivity contribution in [2.24, 2.45) is 0 Å². The van der Waals surface area contributed by atoms with E-state index >= 15 is 0 Å². The van der Waals surface area contributed by atoms with Gasteiger partial charge < -0.3 is 4.98 Å². The summed E-state index contributed by atoms with van der Waals surface area (Å²) in [5.74, 6) is -0.0897. The molecule has 1 N–H and O–H groups in total. The Balaban J connectivity index is 2.19. The second kappa shape index (κ2) is 3.91. The number of hydrogen-bond donors (Lipinski definition) is 1. The van der Waals surface area contributed by atoms with Crippen LogP contribution >= 0.6 is 0 Å². The van der Waals surface area contributed by atoms with Crippen LogP contribution in [0.3, 0.4) is 0 Å². The van der Waals surface area contributed by atoms with Crippen molar-refractivity contribution in [1.29, 1.82) is 0 Å². The lowest BCUT2D eigenvalue weighted by Crippen LogP contribution is -1.85. The Hall–Kier alpha value is -2.23. The predicted octanol–water partition coefficient (Wildman–Crippen LogP) is 3.82. The summed E-state index contributed by atoms with van der Waals surface area (Å²) >= 11 is 0. The largest absolute Gasteiger partial charge is 0.338 e. The maximum absolute atomic E-state index is 13.5. The van der Waals surface area contributed by atoms with Gasteiger partial charge in [0.15, 0.2) is 5.82 Å². The third kappa shape index (κ3) is 1.66. The van der Waals surface area contributed by atoms with E-state index in [2.05, 4.69) is 9.97 Å². The summed E-state index contributed by atoms with van der Waals surface area (Å²) in [4.78, 5) is 7.23. The van der Waals surface area contributed by atoms with Crippen LogP contribution < -0.4 is 0 Å². The fourth-order valence-electron chi connectivity index (χ4n) is 1.93. The number of aromatic nitrogens is 2. The molecule has 0 aliphatic heterocycles. The molecule has 0 atom stereocenters. The number of aromatic amines is 1. The number of para-hydroxylation sites is 1. The van der Waals surface area contributed by atoms with Crippen molar-refractivity contribution in [2.75, 3.05) is 0 Å². The van der Waals surface area contributed by atoms with Gasteiger partial charge >= 0.3 is 0 Å². The molecule has 0 bridgehead atoms. The average Bonchev–Trinajstić information content (AvgIpc) is 2.78. The summed E-state index contributed by atoms with van der Waals surface area (Å²) in [5.41, 5.74) is 2.21. The summed E-state index contributed by atoms with van der Waals surface area (Å²) in [7, 11) is 0. The number of imidazole rings is 1. The van der Waals surface area contributed by atoms with Gasteiger partial charge in [-0.05, 0) is 42.8 Å². The van der Waals surface area contributed by atoms with E-state index in [-0.39, 0.29) is 11.6 Å². The lowest BCUT2D eigenvalue weighted by atomic mass is 10.1. The highest BCUT2D eigenvalue weighted by Gasteiger charge is 2.09. The molecule has 0 saturated heterocycles. The number of halogens is 2. The predicted molar refractivity (Wildman–Crippen MR) is 66.2 cm³/mol. The number of hydrogen-bond acceptors (Lipinski definition) is 1. The zero-order valence-electron chi connectivity index (χ0n) is 9.67. The molecule has 90 valence electrons. The van der Waals surface area contributed by atoms with Gasteiger partial charge in [0.2, 0.25) is 0 Å². The Labute approximate surface area is 102 Å². The van der Waals surface area contributed by atoms with E-state index in [1.165, 1.54) is 12.1 Å². The van der Waals surface area contributed by atoms with E-state index in [1.54, 1.807) is 31.2 Å². The standard InChI is InChI=1S/C14H10F2N2/c1-8-7-9(5-6-10(8)15)14-17-12-4-2-3-11(16)13(12)18-14/h2-7H,1H3,(H,17,18). The maximum atomic E-state index is 13.5. The molecule has 2 aromatic carbocycles. The molecule has 0 fully saturated rings. The molecular weight excluding hydrogens is 234 g/mol. The molecule has 1 heterocycles. The number of fused-ring (bicyclic) bond motifs is 1. The third-order valence-electron chi connectivity index (χ3n) is 2.89. The van der Waals surface area contributed by atoms with Gasteiger partial charge in [-0.1, -0.05) is 6.07 Å². The lowest BCUT2D eigenvalue weighted by molar-refractivity contribution is 0.618. The van der Waals surface area contributed by atoms with E-state index in [1.807, 2.05) is 0 Å². The first-order valence-corrected chi connectivity index (χ1v) is 5.56. The van der Waals surface area contributed by atoms with E-state index < -0.39 is 0 Å². The fourth-order valence-corrected chi connectivity index (χ4v) is 1.93. The Morgan fingerprint density at radius 1 is 1.06 bits per heavy atom. The number of nitrogens with one attached hydrogen (secondary N) is 1. The van der Waals surface area contributed by atoms with Crippen molar-refractivity contribution in [3.8, 4) is 11.4 Å². The fraction of sp³-hybridized carbons (Fsp3) is 0.0714. The minimum Gasteiger partial charge on any atom is -0.338 e. The molecule has 0 amide bonds. The highest BCUT2D eigenvalue weighted by Crippen LogP contribution is 2.23. The minimum atomic E-state index is -0.367. The van der Waals surface area contributed by atoms with E-state index in [0.29, 0.717) is 22.4 Å². The Kier molecular flexibility index (Phi) is 2.37. The first-order chi connectivity index (χ1) is 8.65. The quantitative estimate of drug-likeness (QED) is 0.692. The molecule has 0 saturated carbocycles. The number of aryl methyl sites for hydroxylation is 1. The van der Waals surface area contributed by atoms with Crippen LogP contribution in [0.2, 0.25) is 0 Å². The van der Waals surface area contributed by atoms with Crippen molar-refractivity contribution in [2.45, 2.75) is 6.92 Å². The van der Waals surface area contributed by atoms with E-state index in [9.17, 15) is 8.78 Å². The van der Waals surface area contributed by atoms with Crippen molar-refractivity contribution in [1.82, 2.24) is 9.97 Å². The smallest absolute Gasteiger partial charge is 0.151 e. The molecule has 0 spiro atoms. The lowest BCUT2D eigenvalue weighted by Gasteiger charge is -1.99. The summed E-state index contributed by atoms with van der Waals surface area (Å²) in [6.07, 6.45) is 0. The zero-order valence-corrected chi connectivity index (χ0v) is 9.67. The number of nitrogens with zero attached hydrogens (tertiary/aromatic N) is 1. The molecule has 4 heteroatoms. The minimum absolute atomic E-state index is 0.263. The average molecular weight is 244 g/mol. The molecular formula is C14H10F2N2. The molecule has 2 nitrogen and oxygen atoms in total. The van der Waals surface area contributed by atoms with Crippen molar-refractivity contribution in [3.63, 3.8) is 0 Å². The zero-order chi connectivity index (χ0) is 12.7. The second-order valence-electron chi connectivity index (χ2n) is 4.19. The van der Waals surface area contributed by atoms with Crippen molar-refractivity contribution >= 4 is 11.0 Å². The molecule has 1 aromatic heterocycles. The monoisotopic (exact) mass is 244 g/mol. The third-order valence-corrected chi connectivity index (χ3v) is 2.89. The number of rotatable bonds is 1. The van der Waals surface area contributed by atoms with Gasteiger partial charge in [0.05, 0.1) is 5.52 Å². The van der Waals surface area contributed by atoms with Gasteiger partial charge in [0.25, 0.3) is 0 Å². The number of benzene rings is 2. The van der Waals surface area contributed by atoms with E-state index in [0.717, 1.165) is 5.56 Å². The van der Waals surface area contributed by atoms with Crippen LogP contribution in [0, 0.1) is 18.6 Å². The van der Waals surface area contributed by atoms with Gasteiger partial charge in [-0.25, -0.2) is 13.8 Å². The van der Waals surface area contributed by atoms with Crippen LogP contribution in [0.25, 0.3) is 22.4 Å². The Morgan fingerprint density at radius 2 is 1.89 bits per heavy atom. The van der Waals surface area contributed by atoms with E-state index in [4.69, 9.17) is 0 Å². The van der Waals surface area contributed by atoms with Gasteiger partial charge in [-0.3, -0.25) is 0 Å². The Bertz CT molecular complexity index is 732. The maximum Gasteiger partial charge on any atom is 0.151 e. The summed E-state index contributed by atoms with van der Waals surface area (Å²) in [5, 5.41) is 0. The second-order valence-corrected chi connectivity index (χ2v) is 4.19. The molecule has 18 heavy (non-hydrogen) atoms. The normalized spacial score (nSPS) is 11.1. The highest BCUT2D eigenvalue weighted by molar-refractivity contribution is 5.79. The van der Waals surface area contributed by atoms with Crippen LogP contribution in [0.1, 0.15) is 5.56 Å². The van der Waals surface area contributed by atoms with Gasteiger partial charge in [0, 0.05) is 5.56 Å². The van der Waals surface area contributed by atoms with Crippen LogP contribution in [0.5, 0.6) is 0 Å². The highest BCUT2D eigenvalue weighted by atomic mass is 19.1. The van der Waals surface area contributed by atoms with Crippen molar-refractivity contribution < 1.29 is 8.78 Å². The summed E-state index contributed by atoms with van der Waals surface area (Å²) < 4.78 is 26.7. The van der Waals surface area contributed by atoms with Crippen LogP contribution in [0.4, 0.5) is 8.78 Å². The molecule has 3 rings (SSSR count). The molecule has 0 aliphatic carbocycles. The van der Waals surface area contributed by atoms with Crippen LogP contribution in [-0.4, -0.2) is 9.97 Å². The van der Waals surface area contributed by atoms with Gasteiger partial charge in [-0.2, -0.15) is 0 Å². The SMILES string of the molecule is Cc1cc(-c2nc3c(F)cccc3[nH]2)ccc1F. The van der Waals surface area contributed by atoms with Gasteiger partial charge in [0.1, 0.15) is 17.2 Å². The topological polar surface area (TPSA) is 28.7 Å². The van der Waals surface area contributed by atoms with Crippen LogP contribution in [-0.2, 0) is 0 Å². The molecule has 0 unspecified atom stereocenters. The first kappa shape index (κ1) is 10.9. The van der Waals surface area contributed by atoms with Crippen molar-refractivity contribution in [3.05, 3.63) is 53.6 Å².